The summed E-state index contributed by atoms with van der Waals surface area (Å²) >= 11 is 0. The largest absolute Gasteiger partial charge is 0.360 e. The number of hydrogen-bond acceptors (Lipinski definition) is 5. The number of anilines is 1. The molecule has 0 unspecified atom stereocenters. The molecule has 1 saturated heterocycles. The summed E-state index contributed by atoms with van der Waals surface area (Å²) in [7, 11) is 0. The molecule has 102 valence electrons. The maximum atomic E-state index is 11.1. The summed E-state index contributed by atoms with van der Waals surface area (Å²) in [4.78, 5) is 22.8. The highest BCUT2D eigenvalue weighted by molar-refractivity contribution is 5.75. The number of rotatable bonds is 3. The van der Waals surface area contributed by atoms with Crippen LogP contribution in [0.2, 0.25) is 0 Å². The Morgan fingerprint density at radius 2 is 1.37 bits per heavy atom. The molecule has 1 aromatic carbocycles. The Morgan fingerprint density at radius 3 is 1.79 bits per heavy atom. The molecule has 7 nitrogen and oxygen atoms in total. The number of benzene rings is 1. The lowest BCUT2D eigenvalue weighted by Crippen LogP contribution is -2.25. The molecular formula is C12H15N3O4. The van der Waals surface area contributed by atoms with Gasteiger partial charge in [0, 0.05) is 25.2 Å². The van der Waals surface area contributed by atoms with Crippen molar-refractivity contribution in [3.05, 3.63) is 38.4 Å². The van der Waals surface area contributed by atoms with Gasteiger partial charge in [-0.25, -0.2) is 0 Å². The van der Waals surface area contributed by atoms with E-state index in [2.05, 4.69) is 0 Å². The first-order valence-electron chi connectivity index (χ1n) is 6.28. The van der Waals surface area contributed by atoms with Gasteiger partial charge in [0.2, 0.25) is 0 Å². The van der Waals surface area contributed by atoms with Gasteiger partial charge in [0.1, 0.15) is 0 Å². The second kappa shape index (κ2) is 5.64. The third-order valence-electron chi connectivity index (χ3n) is 3.31. The fourth-order valence-corrected chi connectivity index (χ4v) is 2.43. The zero-order valence-electron chi connectivity index (χ0n) is 10.4. The van der Waals surface area contributed by atoms with Crippen LogP contribution in [0, 0.1) is 20.2 Å². The van der Waals surface area contributed by atoms with Crippen molar-refractivity contribution < 1.29 is 9.85 Å². The van der Waals surface area contributed by atoms with Gasteiger partial charge < -0.3 is 4.90 Å². The molecular weight excluding hydrogens is 250 g/mol. The highest BCUT2D eigenvalue weighted by Crippen LogP contribution is 2.38. The summed E-state index contributed by atoms with van der Waals surface area (Å²) in [6.45, 7) is 1.26. The third-order valence-corrected chi connectivity index (χ3v) is 3.31. The van der Waals surface area contributed by atoms with Crippen molar-refractivity contribution in [3.63, 3.8) is 0 Å². The minimum absolute atomic E-state index is 0.152. The van der Waals surface area contributed by atoms with Gasteiger partial charge in [-0.3, -0.25) is 20.2 Å². The van der Waals surface area contributed by atoms with Gasteiger partial charge >= 0.3 is 0 Å². The summed E-state index contributed by atoms with van der Waals surface area (Å²) in [6.07, 6.45) is 3.93. The Labute approximate surface area is 110 Å². The Balaban J connectivity index is 2.50. The van der Waals surface area contributed by atoms with Crippen molar-refractivity contribution >= 4 is 17.1 Å². The summed E-state index contributed by atoms with van der Waals surface area (Å²) in [5, 5.41) is 22.2. The van der Waals surface area contributed by atoms with E-state index in [1.807, 2.05) is 0 Å². The van der Waals surface area contributed by atoms with Crippen LogP contribution in [0.25, 0.3) is 0 Å². The topological polar surface area (TPSA) is 89.5 Å². The summed E-state index contributed by atoms with van der Waals surface area (Å²) in [5.41, 5.74) is -0.216. The molecule has 0 spiro atoms. The SMILES string of the molecule is O=[N+]([O-])c1cccc([N+](=O)[O-])c1N1CCCCCC1. The number of para-hydroxylation sites is 1. The van der Waals surface area contributed by atoms with Crippen LogP contribution < -0.4 is 4.90 Å². The molecule has 0 aliphatic carbocycles. The molecule has 0 saturated carbocycles. The maximum absolute atomic E-state index is 11.1. The smallest absolute Gasteiger partial charge is 0.299 e. The predicted octanol–water partition coefficient (Wildman–Crippen LogP) is 2.88. The quantitative estimate of drug-likeness (QED) is 0.619. The molecule has 1 aromatic rings. The van der Waals surface area contributed by atoms with Gasteiger partial charge in [-0.05, 0) is 18.9 Å². The van der Waals surface area contributed by atoms with Crippen LogP contribution >= 0.6 is 0 Å². The fraction of sp³-hybridized carbons (Fsp3) is 0.500. The molecule has 19 heavy (non-hydrogen) atoms. The molecule has 1 fully saturated rings. The van der Waals surface area contributed by atoms with E-state index in [-0.39, 0.29) is 17.1 Å². The van der Waals surface area contributed by atoms with Crippen molar-refractivity contribution in [2.75, 3.05) is 18.0 Å². The Bertz CT molecular complexity index is 463. The Morgan fingerprint density at radius 1 is 0.895 bits per heavy atom. The average molecular weight is 265 g/mol. The van der Waals surface area contributed by atoms with Crippen LogP contribution in [-0.2, 0) is 0 Å². The Hall–Kier alpha value is -2.18. The van der Waals surface area contributed by atoms with E-state index in [4.69, 9.17) is 0 Å². The molecule has 0 N–H and O–H groups in total. The number of hydrogen-bond donors (Lipinski definition) is 0. The first-order chi connectivity index (χ1) is 9.11. The van der Waals surface area contributed by atoms with Crippen LogP contribution in [-0.4, -0.2) is 22.9 Å². The van der Waals surface area contributed by atoms with Crippen molar-refractivity contribution in [1.82, 2.24) is 0 Å². The first kappa shape index (κ1) is 13.3. The van der Waals surface area contributed by atoms with E-state index in [1.54, 1.807) is 4.90 Å². The van der Waals surface area contributed by atoms with Crippen LogP contribution in [0.3, 0.4) is 0 Å². The maximum Gasteiger partial charge on any atom is 0.299 e. The van der Waals surface area contributed by atoms with Gasteiger partial charge in [-0.1, -0.05) is 12.8 Å². The Kier molecular flexibility index (Phi) is 3.94. The monoisotopic (exact) mass is 265 g/mol. The zero-order chi connectivity index (χ0) is 13.8. The van der Waals surface area contributed by atoms with Gasteiger partial charge in [0.15, 0.2) is 5.69 Å². The minimum atomic E-state index is -0.548. The fourth-order valence-electron chi connectivity index (χ4n) is 2.43. The molecule has 1 aliphatic rings. The van der Waals surface area contributed by atoms with Crippen LogP contribution in [0.5, 0.6) is 0 Å². The minimum Gasteiger partial charge on any atom is -0.360 e. The highest BCUT2D eigenvalue weighted by atomic mass is 16.6. The molecule has 0 atom stereocenters. The van der Waals surface area contributed by atoms with Crippen LogP contribution in [0.15, 0.2) is 18.2 Å². The van der Waals surface area contributed by atoms with Crippen molar-refractivity contribution in [3.8, 4) is 0 Å². The zero-order valence-corrected chi connectivity index (χ0v) is 10.4. The lowest BCUT2D eigenvalue weighted by atomic mass is 10.2. The van der Waals surface area contributed by atoms with Gasteiger partial charge in [-0.2, -0.15) is 0 Å². The first-order valence-corrected chi connectivity index (χ1v) is 6.28. The summed E-state index contributed by atoms with van der Waals surface area (Å²) in [6, 6.07) is 4.01. The summed E-state index contributed by atoms with van der Waals surface area (Å²) in [5.74, 6) is 0. The standard InChI is InChI=1S/C12H15N3O4/c16-14(17)10-6-5-7-11(15(18)19)12(10)13-8-3-1-2-4-9-13/h5-7H,1-4,8-9H2. The van der Waals surface area contributed by atoms with Crippen molar-refractivity contribution in [2.45, 2.75) is 25.7 Å². The normalized spacial score (nSPS) is 15.9. The molecule has 0 amide bonds. The molecule has 0 aromatic heterocycles. The van der Waals surface area contributed by atoms with Crippen molar-refractivity contribution in [1.29, 1.82) is 0 Å². The lowest BCUT2D eigenvalue weighted by molar-refractivity contribution is -0.392. The number of nitrogens with zero attached hydrogens (tertiary/aromatic N) is 3. The van der Waals surface area contributed by atoms with Gasteiger partial charge in [0.05, 0.1) is 9.85 Å². The molecule has 2 rings (SSSR count). The van der Waals surface area contributed by atoms with E-state index < -0.39 is 9.85 Å². The van der Waals surface area contributed by atoms with E-state index in [0.717, 1.165) is 25.7 Å². The lowest BCUT2D eigenvalue weighted by Gasteiger charge is -2.21. The van der Waals surface area contributed by atoms with Crippen LogP contribution in [0.1, 0.15) is 25.7 Å². The third kappa shape index (κ3) is 2.81. The molecule has 7 heteroatoms. The second-order valence-corrected chi connectivity index (χ2v) is 4.56. The van der Waals surface area contributed by atoms with E-state index >= 15 is 0 Å². The van der Waals surface area contributed by atoms with Gasteiger partial charge in [0.25, 0.3) is 11.4 Å². The second-order valence-electron chi connectivity index (χ2n) is 4.56. The predicted molar refractivity (Wildman–Crippen MR) is 70.4 cm³/mol. The van der Waals surface area contributed by atoms with Crippen molar-refractivity contribution in [2.24, 2.45) is 0 Å². The highest BCUT2D eigenvalue weighted by Gasteiger charge is 2.29. The van der Waals surface area contributed by atoms with E-state index in [0.29, 0.717) is 13.1 Å². The van der Waals surface area contributed by atoms with Crippen LogP contribution in [0.4, 0.5) is 17.1 Å². The number of nitro benzene ring substituents is 2. The number of nitro groups is 2. The van der Waals surface area contributed by atoms with E-state index in [9.17, 15) is 20.2 Å². The summed E-state index contributed by atoms with van der Waals surface area (Å²) < 4.78 is 0. The average Bonchev–Trinajstić information content (AvgIpc) is 2.66. The van der Waals surface area contributed by atoms with Gasteiger partial charge in [-0.15, -0.1) is 0 Å². The molecule has 1 aliphatic heterocycles. The molecule has 1 heterocycles. The molecule has 0 radical (unpaired) electrons. The molecule has 0 bridgehead atoms. The van der Waals surface area contributed by atoms with E-state index in [1.165, 1.54) is 18.2 Å².